The summed E-state index contributed by atoms with van der Waals surface area (Å²) in [6.07, 6.45) is -1.13. The molecule has 1 saturated carbocycles. The van der Waals surface area contributed by atoms with Gasteiger partial charge in [-0.25, -0.2) is 0 Å². The lowest BCUT2D eigenvalue weighted by molar-refractivity contribution is -0.885. The maximum Gasteiger partial charge on any atom is 0.416 e. The van der Waals surface area contributed by atoms with Crippen molar-refractivity contribution >= 4 is 5.91 Å². The van der Waals surface area contributed by atoms with Crippen molar-refractivity contribution in [2.75, 3.05) is 13.6 Å². The van der Waals surface area contributed by atoms with E-state index in [9.17, 15) is 23.2 Å². The highest BCUT2D eigenvalue weighted by Gasteiger charge is 2.36. The number of carbonyl (C=O) groups is 1. The van der Waals surface area contributed by atoms with Crippen LogP contribution in [-0.4, -0.2) is 25.0 Å². The summed E-state index contributed by atoms with van der Waals surface area (Å²) in [6.45, 7) is 0.607. The molecule has 0 aliphatic heterocycles. The maximum absolute atomic E-state index is 12.5. The predicted molar refractivity (Wildman–Crippen MR) is 81.9 cm³/mol. The zero-order chi connectivity index (χ0) is 17.8. The molecule has 2 N–H and O–H groups in total. The molecule has 1 aliphatic rings. The molecule has 1 fully saturated rings. The largest absolute Gasteiger partial charge is 0.416 e. The van der Waals surface area contributed by atoms with Gasteiger partial charge in [0.2, 0.25) is 0 Å². The van der Waals surface area contributed by atoms with E-state index in [0.29, 0.717) is 19.4 Å². The Morgan fingerprint density at radius 2 is 1.88 bits per heavy atom. The third-order valence-corrected chi connectivity index (χ3v) is 4.30. The number of hydrogen-bond acceptors (Lipinski definition) is 2. The zero-order valence-corrected chi connectivity index (χ0v) is 13.5. The number of amides is 1. The number of nitrogens with zero attached hydrogens (tertiary/aromatic N) is 1. The van der Waals surface area contributed by atoms with E-state index < -0.39 is 17.3 Å². The van der Waals surface area contributed by atoms with Gasteiger partial charge in [0.25, 0.3) is 5.91 Å². The Balaban J connectivity index is 1.87. The summed E-state index contributed by atoms with van der Waals surface area (Å²) in [6, 6.07) is 7.16. The van der Waals surface area contributed by atoms with E-state index in [-0.39, 0.29) is 12.5 Å². The third kappa shape index (κ3) is 4.71. The van der Waals surface area contributed by atoms with Crippen LogP contribution in [0.3, 0.4) is 0 Å². The molecule has 0 heterocycles. The van der Waals surface area contributed by atoms with Crippen LogP contribution in [0.2, 0.25) is 0 Å². The van der Waals surface area contributed by atoms with Crippen molar-refractivity contribution in [3.8, 4) is 6.07 Å². The SMILES string of the molecule is C[NH+](CC(=O)NC1(C#N)CCCC1)Cc1ccc(C(F)(F)F)cc1. The van der Waals surface area contributed by atoms with E-state index in [2.05, 4.69) is 11.4 Å². The molecular formula is C17H21F3N3O+. The highest BCUT2D eigenvalue weighted by molar-refractivity contribution is 5.78. The number of quaternary nitrogens is 1. The number of rotatable bonds is 5. The molecular weight excluding hydrogens is 319 g/mol. The van der Waals surface area contributed by atoms with E-state index in [1.54, 1.807) is 7.05 Å². The van der Waals surface area contributed by atoms with Gasteiger partial charge >= 0.3 is 6.18 Å². The minimum atomic E-state index is -4.34. The summed E-state index contributed by atoms with van der Waals surface area (Å²) < 4.78 is 37.6. The van der Waals surface area contributed by atoms with Gasteiger partial charge in [0.1, 0.15) is 12.1 Å². The highest BCUT2D eigenvalue weighted by Crippen LogP contribution is 2.29. The van der Waals surface area contributed by atoms with Crippen LogP contribution in [0.1, 0.15) is 36.8 Å². The quantitative estimate of drug-likeness (QED) is 0.857. The zero-order valence-electron chi connectivity index (χ0n) is 13.5. The Labute approximate surface area is 139 Å². The number of benzene rings is 1. The van der Waals surface area contributed by atoms with Crippen LogP contribution >= 0.6 is 0 Å². The Kier molecular flexibility index (Phi) is 5.50. The molecule has 0 bridgehead atoms. The number of nitriles is 1. The van der Waals surface area contributed by atoms with Gasteiger partial charge in [-0.2, -0.15) is 18.4 Å². The second-order valence-corrected chi connectivity index (χ2v) is 6.45. The van der Waals surface area contributed by atoms with Crippen LogP contribution in [-0.2, 0) is 17.5 Å². The summed E-state index contributed by atoms with van der Waals surface area (Å²) in [5.41, 5.74) is -0.700. The van der Waals surface area contributed by atoms with Crippen molar-refractivity contribution in [1.82, 2.24) is 5.32 Å². The number of halogens is 3. The molecule has 1 amide bonds. The number of alkyl halides is 3. The molecule has 1 aromatic rings. The van der Waals surface area contributed by atoms with Crippen molar-refractivity contribution in [2.24, 2.45) is 0 Å². The molecule has 1 aliphatic carbocycles. The van der Waals surface area contributed by atoms with Gasteiger partial charge < -0.3 is 10.2 Å². The van der Waals surface area contributed by atoms with Gasteiger partial charge in [-0.15, -0.1) is 0 Å². The number of carbonyl (C=O) groups excluding carboxylic acids is 1. The topological polar surface area (TPSA) is 57.3 Å². The van der Waals surface area contributed by atoms with Gasteiger partial charge in [-0.3, -0.25) is 4.79 Å². The monoisotopic (exact) mass is 340 g/mol. The third-order valence-electron chi connectivity index (χ3n) is 4.30. The fraction of sp³-hybridized carbons (Fsp3) is 0.529. The van der Waals surface area contributed by atoms with Gasteiger partial charge in [-0.05, 0) is 37.8 Å². The molecule has 0 spiro atoms. The fourth-order valence-electron chi connectivity index (χ4n) is 3.05. The molecule has 1 atom stereocenters. The minimum absolute atomic E-state index is 0.171. The standard InChI is InChI=1S/C17H20F3N3O/c1-23(10-13-4-6-14(7-5-13)17(18,19)20)11-15(24)22-16(12-21)8-2-3-9-16/h4-7H,2-3,8-11H2,1H3,(H,22,24)/p+1. The molecule has 4 nitrogen and oxygen atoms in total. The second-order valence-electron chi connectivity index (χ2n) is 6.45. The van der Waals surface area contributed by atoms with Gasteiger partial charge in [-0.1, -0.05) is 12.1 Å². The summed E-state index contributed by atoms with van der Waals surface area (Å²) in [5.74, 6) is -0.206. The van der Waals surface area contributed by atoms with Gasteiger partial charge in [0.05, 0.1) is 18.7 Å². The van der Waals surface area contributed by atoms with Gasteiger partial charge in [0, 0.05) is 5.56 Å². The first-order valence-electron chi connectivity index (χ1n) is 7.94. The maximum atomic E-state index is 12.5. The first-order chi connectivity index (χ1) is 11.2. The van der Waals surface area contributed by atoms with Crippen molar-refractivity contribution in [2.45, 2.75) is 43.9 Å². The first kappa shape index (κ1) is 18.3. The molecule has 0 saturated heterocycles. The average molecular weight is 340 g/mol. The van der Waals surface area contributed by atoms with Crippen molar-refractivity contribution in [1.29, 1.82) is 5.26 Å². The number of nitrogens with one attached hydrogen (secondary N) is 2. The molecule has 2 rings (SSSR count). The molecule has 130 valence electrons. The van der Waals surface area contributed by atoms with E-state index in [4.69, 9.17) is 0 Å². The molecule has 0 aromatic heterocycles. The molecule has 1 aromatic carbocycles. The summed E-state index contributed by atoms with van der Waals surface area (Å²) >= 11 is 0. The Bertz CT molecular complexity index is 613. The second kappa shape index (κ2) is 7.22. The van der Waals surface area contributed by atoms with Crippen LogP contribution < -0.4 is 10.2 Å². The van der Waals surface area contributed by atoms with Crippen LogP contribution in [0, 0.1) is 11.3 Å². The average Bonchev–Trinajstić information content (AvgIpc) is 2.95. The summed E-state index contributed by atoms with van der Waals surface area (Å²) in [5, 5.41) is 12.1. The Morgan fingerprint density at radius 1 is 1.29 bits per heavy atom. The van der Waals surface area contributed by atoms with Crippen molar-refractivity contribution < 1.29 is 22.9 Å². The van der Waals surface area contributed by atoms with E-state index in [1.807, 2.05) is 0 Å². The normalized spacial score (nSPS) is 18.0. The molecule has 1 unspecified atom stereocenters. The highest BCUT2D eigenvalue weighted by atomic mass is 19.4. The van der Waals surface area contributed by atoms with Crippen molar-refractivity contribution in [3.05, 3.63) is 35.4 Å². The van der Waals surface area contributed by atoms with Crippen LogP contribution in [0.25, 0.3) is 0 Å². The lowest BCUT2D eigenvalue weighted by Gasteiger charge is -2.23. The predicted octanol–water partition coefficient (Wildman–Crippen LogP) is 1.67. The van der Waals surface area contributed by atoms with E-state index in [0.717, 1.165) is 35.4 Å². The minimum Gasteiger partial charge on any atom is -0.333 e. The fourth-order valence-corrected chi connectivity index (χ4v) is 3.05. The Hall–Kier alpha value is -2.07. The summed E-state index contributed by atoms with van der Waals surface area (Å²) in [4.78, 5) is 13.0. The molecule has 7 heteroatoms. The van der Waals surface area contributed by atoms with Crippen LogP contribution in [0.15, 0.2) is 24.3 Å². The van der Waals surface area contributed by atoms with Crippen molar-refractivity contribution in [3.63, 3.8) is 0 Å². The van der Waals surface area contributed by atoms with Crippen LogP contribution in [0.5, 0.6) is 0 Å². The van der Waals surface area contributed by atoms with E-state index in [1.165, 1.54) is 12.1 Å². The first-order valence-corrected chi connectivity index (χ1v) is 7.94. The lowest BCUT2D eigenvalue weighted by atomic mass is 10.00. The smallest absolute Gasteiger partial charge is 0.333 e. The molecule has 0 radical (unpaired) electrons. The van der Waals surface area contributed by atoms with Crippen LogP contribution in [0.4, 0.5) is 13.2 Å². The molecule has 24 heavy (non-hydrogen) atoms. The Morgan fingerprint density at radius 3 is 2.38 bits per heavy atom. The number of hydrogen-bond donors (Lipinski definition) is 2. The van der Waals surface area contributed by atoms with E-state index >= 15 is 0 Å². The summed E-state index contributed by atoms with van der Waals surface area (Å²) in [7, 11) is 1.80. The van der Waals surface area contributed by atoms with Gasteiger partial charge in [0.15, 0.2) is 6.54 Å². The lowest BCUT2D eigenvalue weighted by Crippen LogP contribution is -3.09. The number of likely N-dealkylation sites (N-methyl/N-ethyl adjacent to an activating group) is 1.